The first kappa shape index (κ1) is 14.5. The van der Waals surface area contributed by atoms with Crippen molar-refractivity contribution in [2.75, 3.05) is 19.6 Å². The number of nitrogens with one attached hydrogen (secondary N) is 1. The third-order valence-corrected chi connectivity index (χ3v) is 4.78. The lowest BCUT2D eigenvalue weighted by molar-refractivity contribution is 0.0925. The second-order valence-electron chi connectivity index (χ2n) is 6.42. The van der Waals surface area contributed by atoms with Gasteiger partial charge in [0.05, 0.1) is 12.7 Å². The summed E-state index contributed by atoms with van der Waals surface area (Å²) in [5.74, 6) is -0.0267. The van der Waals surface area contributed by atoms with Crippen LogP contribution in [0.15, 0.2) is 30.5 Å². The van der Waals surface area contributed by atoms with E-state index in [1.54, 1.807) is 10.9 Å². The van der Waals surface area contributed by atoms with Crippen molar-refractivity contribution in [2.24, 2.45) is 0 Å². The molecule has 0 radical (unpaired) electrons. The SMILES string of the molecule is O=C1NCCn2ncc(-c3ccc(CN4CCCCC4)cc3)c21. The van der Waals surface area contributed by atoms with Crippen LogP contribution in [0.25, 0.3) is 11.1 Å². The van der Waals surface area contributed by atoms with Gasteiger partial charge in [0.25, 0.3) is 5.91 Å². The van der Waals surface area contributed by atoms with Gasteiger partial charge in [0.15, 0.2) is 0 Å². The quantitative estimate of drug-likeness (QED) is 0.946. The van der Waals surface area contributed by atoms with Crippen molar-refractivity contribution in [1.82, 2.24) is 20.0 Å². The predicted octanol–water partition coefficient (Wildman–Crippen LogP) is 2.28. The third kappa shape index (κ3) is 2.88. The van der Waals surface area contributed by atoms with Crippen LogP contribution in [0.3, 0.4) is 0 Å². The molecule has 0 unspecified atom stereocenters. The van der Waals surface area contributed by atoms with Crippen molar-refractivity contribution < 1.29 is 4.79 Å². The molecule has 1 aromatic heterocycles. The zero-order valence-corrected chi connectivity index (χ0v) is 13.3. The Morgan fingerprint density at radius 2 is 1.83 bits per heavy atom. The predicted molar refractivity (Wildman–Crippen MR) is 89.1 cm³/mol. The maximum absolute atomic E-state index is 12.1. The molecule has 120 valence electrons. The van der Waals surface area contributed by atoms with Gasteiger partial charge in [-0.25, -0.2) is 0 Å². The lowest BCUT2D eigenvalue weighted by Crippen LogP contribution is -2.35. The molecular weight excluding hydrogens is 288 g/mol. The van der Waals surface area contributed by atoms with E-state index in [4.69, 9.17) is 0 Å². The number of fused-ring (bicyclic) bond motifs is 1. The maximum atomic E-state index is 12.1. The first-order valence-corrected chi connectivity index (χ1v) is 8.47. The molecule has 0 spiro atoms. The normalized spacial score (nSPS) is 18.5. The van der Waals surface area contributed by atoms with E-state index in [2.05, 4.69) is 39.6 Å². The molecule has 1 amide bonds. The molecule has 0 aliphatic carbocycles. The number of hydrogen-bond acceptors (Lipinski definition) is 3. The first-order valence-electron chi connectivity index (χ1n) is 8.47. The molecule has 2 aromatic rings. The Morgan fingerprint density at radius 1 is 1.04 bits per heavy atom. The van der Waals surface area contributed by atoms with E-state index < -0.39 is 0 Å². The van der Waals surface area contributed by atoms with E-state index in [-0.39, 0.29) is 5.91 Å². The van der Waals surface area contributed by atoms with Crippen LogP contribution >= 0.6 is 0 Å². The van der Waals surface area contributed by atoms with E-state index in [1.807, 2.05) is 0 Å². The van der Waals surface area contributed by atoms with E-state index in [9.17, 15) is 4.79 Å². The Balaban J connectivity index is 1.54. The summed E-state index contributed by atoms with van der Waals surface area (Å²) in [5, 5.41) is 7.24. The molecule has 1 aromatic carbocycles. The van der Waals surface area contributed by atoms with Gasteiger partial charge in [0.2, 0.25) is 0 Å². The van der Waals surface area contributed by atoms with Gasteiger partial charge >= 0.3 is 0 Å². The molecular formula is C18H22N4O. The fourth-order valence-corrected chi connectivity index (χ4v) is 3.53. The van der Waals surface area contributed by atoms with Crippen LogP contribution in [0.4, 0.5) is 0 Å². The number of piperidine rings is 1. The van der Waals surface area contributed by atoms with Crippen molar-refractivity contribution in [3.63, 3.8) is 0 Å². The maximum Gasteiger partial charge on any atom is 0.270 e. The van der Waals surface area contributed by atoms with E-state index in [0.29, 0.717) is 12.2 Å². The Bertz CT molecular complexity index is 698. The Kier molecular flexibility index (Phi) is 3.87. The highest BCUT2D eigenvalue weighted by atomic mass is 16.2. The zero-order chi connectivity index (χ0) is 15.6. The highest BCUT2D eigenvalue weighted by Gasteiger charge is 2.22. The Labute approximate surface area is 136 Å². The second-order valence-corrected chi connectivity index (χ2v) is 6.42. The molecule has 0 bridgehead atoms. The highest BCUT2D eigenvalue weighted by Crippen LogP contribution is 2.25. The largest absolute Gasteiger partial charge is 0.349 e. The minimum atomic E-state index is -0.0267. The monoisotopic (exact) mass is 310 g/mol. The lowest BCUT2D eigenvalue weighted by Gasteiger charge is -2.26. The number of carbonyl (C=O) groups excluding carboxylic acids is 1. The van der Waals surface area contributed by atoms with Crippen LogP contribution in [0.5, 0.6) is 0 Å². The molecule has 5 heteroatoms. The van der Waals surface area contributed by atoms with E-state index >= 15 is 0 Å². The van der Waals surface area contributed by atoms with Gasteiger partial charge in [0, 0.05) is 18.7 Å². The van der Waals surface area contributed by atoms with E-state index in [1.165, 1.54) is 37.9 Å². The third-order valence-electron chi connectivity index (χ3n) is 4.78. The molecule has 1 fully saturated rings. The van der Waals surface area contributed by atoms with Crippen LogP contribution in [-0.4, -0.2) is 40.2 Å². The highest BCUT2D eigenvalue weighted by molar-refractivity contribution is 5.99. The summed E-state index contributed by atoms with van der Waals surface area (Å²) in [7, 11) is 0. The lowest BCUT2D eigenvalue weighted by atomic mass is 10.0. The molecule has 0 saturated carbocycles. The summed E-state index contributed by atoms with van der Waals surface area (Å²) in [5.41, 5.74) is 4.00. The van der Waals surface area contributed by atoms with Gasteiger partial charge in [-0.1, -0.05) is 30.7 Å². The molecule has 1 N–H and O–H groups in total. The van der Waals surface area contributed by atoms with Crippen molar-refractivity contribution in [3.05, 3.63) is 41.7 Å². The van der Waals surface area contributed by atoms with Crippen molar-refractivity contribution in [1.29, 1.82) is 0 Å². The number of amides is 1. The van der Waals surface area contributed by atoms with Crippen molar-refractivity contribution >= 4 is 5.91 Å². The summed E-state index contributed by atoms with van der Waals surface area (Å²) < 4.78 is 1.80. The Hall–Kier alpha value is -2.14. The van der Waals surface area contributed by atoms with Crippen LogP contribution in [0, 0.1) is 0 Å². The minimum Gasteiger partial charge on any atom is -0.349 e. The number of likely N-dealkylation sites (tertiary alicyclic amines) is 1. The summed E-state index contributed by atoms with van der Waals surface area (Å²) in [4.78, 5) is 14.6. The number of rotatable bonds is 3. The fraction of sp³-hybridized carbons (Fsp3) is 0.444. The van der Waals surface area contributed by atoms with Gasteiger partial charge in [-0.15, -0.1) is 0 Å². The smallest absolute Gasteiger partial charge is 0.270 e. The van der Waals surface area contributed by atoms with Gasteiger partial charge in [0.1, 0.15) is 5.69 Å². The average Bonchev–Trinajstić information content (AvgIpc) is 3.02. The molecule has 2 aliphatic rings. The zero-order valence-electron chi connectivity index (χ0n) is 13.3. The molecule has 2 aliphatic heterocycles. The minimum absolute atomic E-state index is 0.0267. The summed E-state index contributed by atoms with van der Waals surface area (Å²) in [6, 6.07) is 8.57. The molecule has 0 atom stereocenters. The number of benzene rings is 1. The fourth-order valence-electron chi connectivity index (χ4n) is 3.53. The summed E-state index contributed by atoms with van der Waals surface area (Å²) in [6.07, 6.45) is 5.80. The number of carbonyl (C=O) groups is 1. The van der Waals surface area contributed by atoms with Gasteiger partial charge in [-0.2, -0.15) is 5.10 Å². The molecule has 4 rings (SSSR count). The molecule has 3 heterocycles. The van der Waals surface area contributed by atoms with Crippen molar-refractivity contribution in [3.8, 4) is 11.1 Å². The van der Waals surface area contributed by atoms with Crippen molar-refractivity contribution in [2.45, 2.75) is 32.4 Å². The standard InChI is InChI=1S/C18H22N4O/c23-18-17-16(12-20-22(17)11-8-19-18)15-6-4-14(5-7-15)13-21-9-2-1-3-10-21/h4-7,12H,1-3,8-11,13H2,(H,19,23). The first-order chi connectivity index (χ1) is 11.3. The van der Waals surface area contributed by atoms with Gasteiger partial charge in [-0.05, 0) is 37.1 Å². The van der Waals surface area contributed by atoms with Crippen LogP contribution in [-0.2, 0) is 13.1 Å². The topological polar surface area (TPSA) is 50.2 Å². The number of nitrogens with zero attached hydrogens (tertiary/aromatic N) is 3. The number of hydrogen-bond donors (Lipinski definition) is 1. The van der Waals surface area contributed by atoms with Gasteiger partial charge < -0.3 is 5.32 Å². The van der Waals surface area contributed by atoms with Crippen LogP contribution < -0.4 is 5.32 Å². The second kappa shape index (κ2) is 6.16. The van der Waals surface area contributed by atoms with Gasteiger partial charge in [-0.3, -0.25) is 14.4 Å². The molecule has 23 heavy (non-hydrogen) atoms. The average molecular weight is 310 g/mol. The Morgan fingerprint density at radius 3 is 2.61 bits per heavy atom. The molecule has 5 nitrogen and oxygen atoms in total. The van der Waals surface area contributed by atoms with E-state index in [0.717, 1.165) is 24.2 Å². The van der Waals surface area contributed by atoms with Crippen LogP contribution in [0.2, 0.25) is 0 Å². The molecule has 1 saturated heterocycles. The summed E-state index contributed by atoms with van der Waals surface area (Å²) >= 11 is 0. The van der Waals surface area contributed by atoms with Crippen LogP contribution in [0.1, 0.15) is 35.3 Å². The summed E-state index contributed by atoms with van der Waals surface area (Å²) in [6.45, 7) is 4.83. The number of aromatic nitrogens is 2.